The van der Waals surface area contributed by atoms with Crippen LogP contribution < -0.4 is 0 Å². The fourth-order valence-electron chi connectivity index (χ4n) is 0.856. The molecule has 1 aromatic rings. The molecular formula is C9H9NNaO2. The van der Waals surface area contributed by atoms with Crippen LogP contribution in [-0.2, 0) is 4.79 Å². The number of aromatic nitrogens is 1. The van der Waals surface area contributed by atoms with Crippen LogP contribution >= 0.6 is 0 Å². The van der Waals surface area contributed by atoms with Gasteiger partial charge in [-0.1, -0.05) is 0 Å². The van der Waals surface area contributed by atoms with Crippen LogP contribution in [0.4, 0.5) is 0 Å². The standard InChI is InChI=1S/C9H9NO2.Na/c1-7(11)5-9(12)8-3-2-4-10-6-8;/h2-4,6H,5H2,1H3;. The summed E-state index contributed by atoms with van der Waals surface area (Å²) < 4.78 is 0. The Morgan fingerprint density at radius 2 is 2.15 bits per heavy atom. The third-order valence-electron chi connectivity index (χ3n) is 1.39. The molecule has 0 aliphatic carbocycles. The number of ketones is 2. The van der Waals surface area contributed by atoms with Crippen molar-refractivity contribution in [1.82, 2.24) is 4.98 Å². The number of hydrogen-bond donors (Lipinski definition) is 0. The van der Waals surface area contributed by atoms with E-state index in [9.17, 15) is 9.59 Å². The van der Waals surface area contributed by atoms with Gasteiger partial charge in [-0.3, -0.25) is 14.6 Å². The molecule has 1 heterocycles. The first-order valence-corrected chi connectivity index (χ1v) is 3.63. The van der Waals surface area contributed by atoms with Gasteiger partial charge in [-0.05, 0) is 19.1 Å². The largest absolute Gasteiger partial charge is 0.300 e. The maximum absolute atomic E-state index is 11.2. The molecule has 0 N–H and O–H groups in total. The number of nitrogens with zero attached hydrogens (tertiary/aromatic N) is 1. The zero-order valence-corrected chi connectivity index (χ0v) is 9.78. The Hall–Kier alpha value is -0.510. The second kappa shape index (κ2) is 6.02. The van der Waals surface area contributed by atoms with Crippen molar-refractivity contribution in [2.45, 2.75) is 13.3 Å². The Morgan fingerprint density at radius 3 is 2.62 bits per heavy atom. The van der Waals surface area contributed by atoms with Gasteiger partial charge in [0.1, 0.15) is 5.78 Å². The van der Waals surface area contributed by atoms with Gasteiger partial charge < -0.3 is 0 Å². The molecule has 0 fully saturated rings. The quantitative estimate of drug-likeness (QED) is 0.399. The molecule has 0 unspecified atom stereocenters. The summed E-state index contributed by atoms with van der Waals surface area (Å²) in [5, 5.41) is 0. The number of pyridine rings is 1. The molecule has 0 atom stereocenters. The molecule has 0 aromatic carbocycles. The van der Waals surface area contributed by atoms with E-state index in [1.165, 1.54) is 13.1 Å². The minimum absolute atomic E-state index is 0. The maximum Gasteiger partial charge on any atom is 0.171 e. The summed E-state index contributed by atoms with van der Waals surface area (Å²) in [5.74, 6) is -0.292. The normalized spacial score (nSPS) is 8.69. The van der Waals surface area contributed by atoms with Gasteiger partial charge in [0.2, 0.25) is 0 Å². The van der Waals surface area contributed by atoms with Crippen molar-refractivity contribution in [2.75, 3.05) is 0 Å². The van der Waals surface area contributed by atoms with E-state index in [0.717, 1.165) is 0 Å². The fourth-order valence-corrected chi connectivity index (χ4v) is 0.856. The van der Waals surface area contributed by atoms with E-state index in [4.69, 9.17) is 0 Å². The Kier molecular flexibility index (Phi) is 5.79. The summed E-state index contributed by atoms with van der Waals surface area (Å²) in [6.45, 7) is 1.40. The van der Waals surface area contributed by atoms with Gasteiger partial charge in [0, 0.05) is 47.5 Å². The van der Waals surface area contributed by atoms with Gasteiger partial charge in [0.25, 0.3) is 0 Å². The van der Waals surface area contributed by atoms with Crippen molar-refractivity contribution in [1.29, 1.82) is 0 Å². The molecular weight excluding hydrogens is 177 g/mol. The van der Waals surface area contributed by atoms with E-state index < -0.39 is 0 Å². The Labute approximate surface area is 98.8 Å². The second-order valence-corrected chi connectivity index (χ2v) is 2.54. The number of carbonyl (C=O) groups is 2. The summed E-state index contributed by atoms with van der Waals surface area (Å²) in [6.07, 6.45) is 3.02. The van der Waals surface area contributed by atoms with Crippen molar-refractivity contribution in [2.24, 2.45) is 0 Å². The van der Waals surface area contributed by atoms with E-state index in [1.54, 1.807) is 18.3 Å². The van der Waals surface area contributed by atoms with Gasteiger partial charge >= 0.3 is 0 Å². The maximum atomic E-state index is 11.2. The van der Waals surface area contributed by atoms with Crippen LogP contribution in [0.5, 0.6) is 0 Å². The topological polar surface area (TPSA) is 47.0 Å². The molecule has 0 amide bonds. The smallest absolute Gasteiger partial charge is 0.171 e. The molecule has 1 aromatic heterocycles. The summed E-state index contributed by atoms with van der Waals surface area (Å²) >= 11 is 0. The molecule has 0 saturated carbocycles. The first kappa shape index (κ1) is 12.5. The average molecular weight is 186 g/mol. The van der Waals surface area contributed by atoms with Crippen LogP contribution in [0.3, 0.4) is 0 Å². The van der Waals surface area contributed by atoms with Crippen molar-refractivity contribution >= 4 is 41.1 Å². The first-order valence-electron chi connectivity index (χ1n) is 3.63. The number of carbonyl (C=O) groups excluding carboxylic acids is 2. The molecule has 1 radical (unpaired) electrons. The zero-order chi connectivity index (χ0) is 8.97. The molecule has 1 rings (SSSR count). The van der Waals surface area contributed by atoms with Crippen LogP contribution in [0.2, 0.25) is 0 Å². The van der Waals surface area contributed by atoms with E-state index in [2.05, 4.69) is 4.98 Å². The van der Waals surface area contributed by atoms with Crippen LogP contribution in [0.1, 0.15) is 23.7 Å². The Balaban J connectivity index is 0.00000144. The van der Waals surface area contributed by atoms with Gasteiger partial charge in [-0.2, -0.15) is 0 Å². The molecule has 0 aliphatic heterocycles. The van der Waals surface area contributed by atoms with E-state index in [-0.39, 0.29) is 47.5 Å². The van der Waals surface area contributed by atoms with Gasteiger partial charge in [-0.25, -0.2) is 0 Å². The van der Waals surface area contributed by atoms with Crippen LogP contribution in [-0.4, -0.2) is 46.1 Å². The van der Waals surface area contributed by atoms with Crippen molar-refractivity contribution in [3.63, 3.8) is 0 Å². The third kappa shape index (κ3) is 4.31. The predicted molar refractivity (Wildman–Crippen MR) is 49.6 cm³/mol. The SMILES string of the molecule is CC(=O)CC(=O)c1cccnc1.[Na]. The molecule has 63 valence electrons. The summed E-state index contributed by atoms with van der Waals surface area (Å²) in [5.41, 5.74) is 0.493. The average Bonchev–Trinajstić information content (AvgIpc) is 2.05. The minimum Gasteiger partial charge on any atom is -0.300 e. The third-order valence-corrected chi connectivity index (χ3v) is 1.39. The van der Waals surface area contributed by atoms with Crippen LogP contribution in [0.25, 0.3) is 0 Å². The van der Waals surface area contributed by atoms with E-state index >= 15 is 0 Å². The number of rotatable bonds is 3. The molecule has 13 heavy (non-hydrogen) atoms. The fraction of sp³-hybridized carbons (Fsp3) is 0.222. The first-order chi connectivity index (χ1) is 5.70. The van der Waals surface area contributed by atoms with Crippen molar-refractivity contribution in [3.05, 3.63) is 30.1 Å². The zero-order valence-electron chi connectivity index (χ0n) is 7.78. The van der Waals surface area contributed by atoms with E-state index in [0.29, 0.717) is 5.56 Å². The number of Topliss-reactive ketones (excluding diaryl/α,β-unsaturated/α-hetero) is 2. The van der Waals surface area contributed by atoms with Crippen LogP contribution in [0.15, 0.2) is 24.5 Å². The Bertz CT molecular complexity index is 298. The second-order valence-electron chi connectivity index (χ2n) is 2.54. The van der Waals surface area contributed by atoms with Crippen molar-refractivity contribution in [3.8, 4) is 0 Å². The Morgan fingerprint density at radius 1 is 1.46 bits per heavy atom. The summed E-state index contributed by atoms with van der Waals surface area (Å²) in [7, 11) is 0. The molecule has 0 saturated heterocycles. The van der Waals surface area contributed by atoms with Gasteiger partial charge in [0.15, 0.2) is 5.78 Å². The van der Waals surface area contributed by atoms with Gasteiger partial charge in [0.05, 0.1) is 6.42 Å². The molecule has 0 bridgehead atoms. The molecule has 4 heteroatoms. The number of hydrogen-bond acceptors (Lipinski definition) is 3. The summed E-state index contributed by atoms with van der Waals surface area (Å²) in [4.78, 5) is 25.6. The summed E-state index contributed by atoms with van der Waals surface area (Å²) in [6, 6.07) is 3.33. The molecule has 0 spiro atoms. The van der Waals surface area contributed by atoms with Crippen molar-refractivity contribution < 1.29 is 9.59 Å². The minimum atomic E-state index is -0.171. The van der Waals surface area contributed by atoms with Gasteiger partial charge in [-0.15, -0.1) is 0 Å². The van der Waals surface area contributed by atoms with E-state index in [1.807, 2.05) is 0 Å². The molecule has 0 aliphatic rings. The monoisotopic (exact) mass is 186 g/mol. The predicted octanol–water partition coefficient (Wildman–Crippen LogP) is 0.863. The van der Waals surface area contributed by atoms with Crippen LogP contribution in [0, 0.1) is 0 Å². The molecule has 3 nitrogen and oxygen atoms in total.